The van der Waals surface area contributed by atoms with Gasteiger partial charge < -0.3 is 5.32 Å². The molecule has 2 N–H and O–H groups in total. The van der Waals surface area contributed by atoms with Crippen LogP contribution in [0.25, 0.3) is 0 Å². The molecule has 0 spiro atoms. The van der Waals surface area contributed by atoms with Crippen LogP contribution in [0.2, 0.25) is 0 Å². The molecule has 0 bridgehead atoms. The molecule has 0 atom stereocenters. The van der Waals surface area contributed by atoms with Gasteiger partial charge in [0.15, 0.2) is 0 Å². The van der Waals surface area contributed by atoms with Crippen molar-refractivity contribution in [3.05, 3.63) is 76.8 Å². The van der Waals surface area contributed by atoms with Crippen LogP contribution in [0.3, 0.4) is 0 Å². The first-order valence-electron chi connectivity index (χ1n) is 7.16. The van der Waals surface area contributed by atoms with Crippen molar-refractivity contribution in [3.8, 4) is 0 Å². The van der Waals surface area contributed by atoms with Crippen molar-refractivity contribution in [2.24, 2.45) is 0 Å². The molecule has 0 unspecified atom stereocenters. The van der Waals surface area contributed by atoms with E-state index in [1.807, 2.05) is 30.3 Å². The summed E-state index contributed by atoms with van der Waals surface area (Å²) in [6.07, 6.45) is 1.45. The van der Waals surface area contributed by atoms with Crippen LogP contribution in [0.15, 0.2) is 70.6 Å². The Morgan fingerprint density at radius 3 is 2.54 bits per heavy atom. The van der Waals surface area contributed by atoms with Crippen LogP contribution in [0.5, 0.6) is 0 Å². The lowest BCUT2D eigenvalue weighted by molar-refractivity contribution is 0.0950. The Hall–Kier alpha value is -1.96. The van der Waals surface area contributed by atoms with Crippen molar-refractivity contribution in [1.29, 1.82) is 0 Å². The molecule has 0 fully saturated rings. The minimum Gasteiger partial charge on any atom is -0.348 e. The first-order valence-corrected chi connectivity index (χ1v) is 9.44. The maximum Gasteiger partial charge on any atom is 0.252 e. The highest BCUT2D eigenvalue weighted by molar-refractivity contribution is 9.10. The molecule has 0 saturated heterocycles. The molecular formula is C17H17BrN2O3S. The summed E-state index contributed by atoms with van der Waals surface area (Å²) in [5.41, 5.74) is 1.21. The molecule has 0 aliphatic rings. The van der Waals surface area contributed by atoms with Crippen LogP contribution in [-0.4, -0.2) is 20.9 Å². The maximum absolute atomic E-state index is 12.4. The molecule has 0 aliphatic heterocycles. The molecule has 1 amide bonds. The third-order valence-corrected chi connectivity index (χ3v) is 5.32. The van der Waals surface area contributed by atoms with Gasteiger partial charge >= 0.3 is 0 Å². The number of hydrogen-bond acceptors (Lipinski definition) is 3. The Morgan fingerprint density at radius 2 is 1.88 bits per heavy atom. The molecular weight excluding hydrogens is 392 g/mol. The Kier molecular flexibility index (Phi) is 6.30. The zero-order valence-electron chi connectivity index (χ0n) is 12.8. The number of amides is 1. The third kappa shape index (κ3) is 4.77. The smallest absolute Gasteiger partial charge is 0.252 e. The van der Waals surface area contributed by atoms with Gasteiger partial charge in [-0.15, -0.1) is 6.58 Å². The van der Waals surface area contributed by atoms with Crippen LogP contribution >= 0.6 is 15.9 Å². The first-order chi connectivity index (χ1) is 11.4. The average Bonchev–Trinajstić information content (AvgIpc) is 2.59. The molecule has 2 aromatic rings. The molecule has 24 heavy (non-hydrogen) atoms. The standard InChI is InChI=1S/C17H17BrN2O3S/c1-2-10-20-24(22,23)14-8-9-16(18)15(11-14)17(21)19-12-13-6-4-3-5-7-13/h2-9,11,20H,1,10,12H2,(H,19,21). The number of sulfonamides is 1. The Labute approximate surface area is 150 Å². The van der Waals surface area contributed by atoms with Crippen LogP contribution in [0, 0.1) is 0 Å². The first kappa shape index (κ1) is 18.4. The van der Waals surface area contributed by atoms with Gasteiger partial charge in [-0.2, -0.15) is 0 Å². The van der Waals surface area contributed by atoms with Crippen molar-refractivity contribution in [3.63, 3.8) is 0 Å². The van der Waals surface area contributed by atoms with E-state index in [0.717, 1.165) is 5.56 Å². The van der Waals surface area contributed by atoms with Gasteiger partial charge in [0.25, 0.3) is 5.91 Å². The summed E-state index contributed by atoms with van der Waals surface area (Å²) in [6, 6.07) is 13.8. The van der Waals surface area contributed by atoms with Crippen molar-refractivity contribution < 1.29 is 13.2 Å². The zero-order chi connectivity index (χ0) is 17.6. The lowest BCUT2D eigenvalue weighted by Gasteiger charge is -2.10. The molecule has 2 rings (SSSR count). The number of carbonyl (C=O) groups is 1. The van der Waals surface area contributed by atoms with E-state index in [1.54, 1.807) is 6.07 Å². The van der Waals surface area contributed by atoms with E-state index >= 15 is 0 Å². The Morgan fingerprint density at radius 1 is 1.17 bits per heavy atom. The molecule has 2 aromatic carbocycles. The van der Waals surface area contributed by atoms with Gasteiger partial charge in [-0.3, -0.25) is 4.79 Å². The fourth-order valence-electron chi connectivity index (χ4n) is 1.97. The topological polar surface area (TPSA) is 75.3 Å². The van der Waals surface area contributed by atoms with Gasteiger partial charge in [0.2, 0.25) is 10.0 Å². The normalized spacial score (nSPS) is 11.0. The van der Waals surface area contributed by atoms with Crippen molar-refractivity contribution in [1.82, 2.24) is 10.0 Å². The zero-order valence-corrected chi connectivity index (χ0v) is 15.2. The summed E-state index contributed by atoms with van der Waals surface area (Å²) in [4.78, 5) is 12.4. The predicted octanol–water partition coefficient (Wildman–Crippen LogP) is 2.84. The number of hydrogen-bond donors (Lipinski definition) is 2. The van der Waals surface area contributed by atoms with Gasteiger partial charge in [0.1, 0.15) is 0 Å². The van der Waals surface area contributed by atoms with E-state index in [4.69, 9.17) is 0 Å². The molecule has 0 heterocycles. The summed E-state index contributed by atoms with van der Waals surface area (Å²) >= 11 is 3.28. The fourth-order valence-corrected chi connectivity index (χ4v) is 3.42. The lowest BCUT2D eigenvalue weighted by atomic mass is 10.2. The van der Waals surface area contributed by atoms with Gasteiger partial charge in [0.05, 0.1) is 10.5 Å². The largest absolute Gasteiger partial charge is 0.348 e. The molecule has 0 aliphatic carbocycles. The molecule has 0 radical (unpaired) electrons. The molecule has 0 saturated carbocycles. The van der Waals surface area contributed by atoms with Gasteiger partial charge in [-0.05, 0) is 39.7 Å². The highest BCUT2D eigenvalue weighted by atomic mass is 79.9. The lowest BCUT2D eigenvalue weighted by Crippen LogP contribution is -2.26. The Balaban J connectivity index is 2.18. The van der Waals surface area contributed by atoms with Crippen LogP contribution in [0.4, 0.5) is 0 Å². The van der Waals surface area contributed by atoms with Gasteiger partial charge in [-0.25, -0.2) is 13.1 Å². The van der Waals surface area contributed by atoms with E-state index in [2.05, 4.69) is 32.5 Å². The second-order valence-electron chi connectivity index (χ2n) is 4.95. The fraction of sp³-hybridized carbons (Fsp3) is 0.118. The van der Waals surface area contributed by atoms with E-state index in [0.29, 0.717) is 11.0 Å². The number of rotatable bonds is 7. The molecule has 5 nitrogen and oxygen atoms in total. The third-order valence-electron chi connectivity index (χ3n) is 3.21. The predicted molar refractivity (Wildman–Crippen MR) is 97.1 cm³/mol. The summed E-state index contributed by atoms with van der Waals surface area (Å²) in [5.74, 6) is -0.355. The SMILES string of the molecule is C=CCNS(=O)(=O)c1ccc(Br)c(C(=O)NCc2ccccc2)c1. The van der Waals surface area contributed by atoms with E-state index in [-0.39, 0.29) is 22.9 Å². The number of halogens is 1. The minimum atomic E-state index is -3.68. The quantitative estimate of drug-likeness (QED) is 0.691. The van der Waals surface area contributed by atoms with Crippen LogP contribution in [0.1, 0.15) is 15.9 Å². The highest BCUT2D eigenvalue weighted by Crippen LogP contribution is 2.21. The number of nitrogens with one attached hydrogen (secondary N) is 2. The summed E-state index contributed by atoms with van der Waals surface area (Å²) in [5, 5.41) is 2.78. The van der Waals surface area contributed by atoms with Crippen molar-refractivity contribution in [2.75, 3.05) is 6.54 Å². The van der Waals surface area contributed by atoms with Crippen LogP contribution < -0.4 is 10.0 Å². The highest BCUT2D eigenvalue weighted by Gasteiger charge is 2.17. The van der Waals surface area contributed by atoms with Gasteiger partial charge in [0, 0.05) is 17.6 Å². The second kappa shape index (κ2) is 8.23. The molecule has 7 heteroatoms. The monoisotopic (exact) mass is 408 g/mol. The molecule has 0 aromatic heterocycles. The van der Waals surface area contributed by atoms with Crippen LogP contribution in [-0.2, 0) is 16.6 Å². The second-order valence-corrected chi connectivity index (χ2v) is 7.57. The maximum atomic E-state index is 12.4. The summed E-state index contributed by atoms with van der Waals surface area (Å²) in [6.45, 7) is 3.95. The minimum absolute atomic E-state index is 0.0254. The summed E-state index contributed by atoms with van der Waals surface area (Å²) in [7, 11) is -3.68. The number of carbonyl (C=O) groups excluding carboxylic acids is 1. The van der Waals surface area contributed by atoms with E-state index in [9.17, 15) is 13.2 Å². The molecule has 126 valence electrons. The van der Waals surface area contributed by atoms with E-state index < -0.39 is 10.0 Å². The Bertz CT molecular complexity index is 836. The van der Waals surface area contributed by atoms with E-state index in [1.165, 1.54) is 18.2 Å². The van der Waals surface area contributed by atoms with Gasteiger partial charge in [-0.1, -0.05) is 36.4 Å². The van der Waals surface area contributed by atoms with Crippen molar-refractivity contribution >= 4 is 31.9 Å². The number of benzene rings is 2. The average molecular weight is 409 g/mol. The summed E-state index contributed by atoms with van der Waals surface area (Å²) < 4.78 is 27.2. The van der Waals surface area contributed by atoms with Crippen molar-refractivity contribution in [2.45, 2.75) is 11.4 Å².